The molecular weight excluding hydrogens is 206 g/mol. The molecule has 1 aliphatic rings. The number of rotatable bonds is 6. The normalized spacial score (nSPS) is 19.9. The van der Waals surface area contributed by atoms with Crippen LogP contribution in [0.25, 0.3) is 0 Å². The first-order valence-electron chi connectivity index (χ1n) is 6.18. The minimum Gasteiger partial charge on any atom is -0.480 e. The van der Waals surface area contributed by atoms with E-state index in [1.807, 2.05) is 13.8 Å². The van der Waals surface area contributed by atoms with Crippen LogP contribution in [0.2, 0.25) is 0 Å². The smallest absolute Gasteiger partial charge is 0.323 e. The van der Waals surface area contributed by atoms with Crippen LogP contribution in [0.1, 0.15) is 52.4 Å². The maximum absolute atomic E-state index is 11.4. The fraction of sp³-hybridized carbons (Fsp3) is 0.917. The number of carboxylic acids is 1. The van der Waals surface area contributed by atoms with Gasteiger partial charge in [0.1, 0.15) is 5.54 Å². The van der Waals surface area contributed by atoms with E-state index in [1.165, 1.54) is 0 Å². The number of aliphatic hydroxyl groups is 1. The highest BCUT2D eigenvalue weighted by atomic mass is 16.4. The van der Waals surface area contributed by atoms with Crippen LogP contribution >= 0.6 is 0 Å². The van der Waals surface area contributed by atoms with Crippen LogP contribution in [-0.4, -0.2) is 33.9 Å². The molecule has 0 radical (unpaired) electrons. The first kappa shape index (κ1) is 13.5. The van der Waals surface area contributed by atoms with Crippen LogP contribution in [0.15, 0.2) is 0 Å². The summed E-state index contributed by atoms with van der Waals surface area (Å²) in [5.41, 5.74) is -1.25. The first-order chi connectivity index (χ1) is 7.54. The van der Waals surface area contributed by atoms with Gasteiger partial charge in [-0.25, -0.2) is 0 Å². The Kier molecular flexibility index (Phi) is 4.33. The largest absolute Gasteiger partial charge is 0.480 e. The first-order valence-corrected chi connectivity index (χ1v) is 6.18. The molecule has 16 heavy (non-hydrogen) atoms. The van der Waals surface area contributed by atoms with Gasteiger partial charge in [-0.2, -0.15) is 0 Å². The molecule has 0 amide bonds. The third-order valence-electron chi connectivity index (χ3n) is 3.98. The summed E-state index contributed by atoms with van der Waals surface area (Å²) in [6.07, 6.45) is 4.96. The second-order valence-corrected chi connectivity index (χ2v) is 4.86. The van der Waals surface area contributed by atoms with Crippen LogP contribution in [0.4, 0.5) is 0 Å². The molecule has 0 unspecified atom stereocenters. The van der Waals surface area contributed by atoms with Crippen molar-refractivity contribution in [3.63, 3.8) is 0 Å². The van der Waals surface area contributed by atoms with Gasteiger partial charge in [0.2, 0.25) is 0 Å². The molecule has 0 aliphatic heterocycles. The number of hydrogen-bond acceptors (Lipinski definition) is 3. The summed E-state index contributed by atoms with van der Waals surface area (Å²) in [4.78, 5) is 11.4. The lowest BCUT2D eigenvalue weighted by Crippen LogP contribution is -2.62. The zero-order chi connectivity index (χ0) is 12.2. The van der Waals surface area contributed by atoms with E-state index in [0.29, 0.717) is 12.8 Å². The predicted molar refractivity (Wildman–Crippen MR) is 62.4 cm³/mol. The molecule has 4 heteroatoms. The zero-order valence-corrected chi connectivity index (χ0v) is 10.3. The summed E-state index contributed by atoms with van der Waals surface area (Å²) in [6.45, 7) is 3.79. The molecule has 0 aromatic rings. The van der Waals surface area contributed by atoms with Crippen molar-refractivity contribution in [3.8, 4) is 0 Å². The Morgan fingerprint density at radius 2 is 1.81 bits per heavy atom. The van der Waals surface area contributed by atoms with Crippen molar-refractivity contribution < 1.29 is 15.0 Å². The Balaban J connectivity index is 2.85. The Morgan fingerprint density at radius 3 is 2.12 bits per heavy atom. The van der Waals surface area contributed by atoms with Crippen molar-refractivity contribution in [2.75, 3.05) is 6.61 Å². The third-order valence-corrected chi connectivity index (χ3v) is 3.98. The van der Waals surface area contributed by atoms with Crippen LogP contribution in [0.3, 0.4) is 0 Å². The number of aliphatic carboxylic acids is 1. The monoisotopic (exact) mass is 229 g/mol. The summed E-state index contributed by atoms with van der Waals surface area (Å²) in [5, 5.41) is 22.1. The summed E-state index contributed by atoms with van der Waals surface area (Å²) in [6, 6.07) is 0. The van der Waals surface area contributed by atoms with E-state index in [2.05, 4.69) is 5.32 Å². The van der Waals surface area contributed by atoms with Gasteiger partial charge in [0.05, 0.1) is 6.61 Å². The van der Waals surface area contributed by atoms with Gasteiger partial charge in [0.15, 0.2) is 0 Å². The van der Waals surface area contributed by atoms with Crippen LogP contribution < -0.4 is 5.32 Å². The second-order valence-electron chi connectivity index (χ2n) is 4.86. The van der Waals surface area contributed by atoms with E-state index in [9.17, 15) is 15.0 Å². The molecule has 0 atom stereocenters. The highest BCUT2D eigenvalue weighted by Gasteiger charge is 2.44. The summed E-state index contributed by atoms with van der Waals surface area (Å²) in [7, 11) is 0. The van der Waals surface area contributed by atoms with Gasteiger partial charge in [-0.05, 0) is 25.7 Å². The Labute approximate surface area is 97.0 Å². The highest BCUT2D eigenvalue weighted by molar-refractivity contribution is 5.78. The predicted octanol–water partition coefficient (Wildman–Crippen LogP) is 1.52. The maximum atomic E-state index is 11.4. The average Bonchev–Trinajstić information content (AvgIpc) is 2.75. The van der Waals surface area contributed by atoms with Gasteiger partial charge in [-0.15, -0.1) is 0 Å². The minimum atomic E-state index is -0.882. The summed E-state index contributed by atoms with van der Waals surface area (Å²) >= 11 is 0. The highest BCUT2D eigenvalue weighted by Crippen LogP contribution is 2.33. The van der Waals surface area contributed by atoms with Crippen molar-refractivity contribution in [2.24, 2.45) is 0 Å². The Bertz CT molecular complexity index is 243. The molecule has 0 heterocycles. The molecule has 0 aromatic heterocycles. The lowest BCUT2D eigenvalue weighted by molar-refractivity contribution is -0.146. The SMILES string of the molecule is CCC(CC)(NC1(CO)CCCC1)C(=O)O. The van der Waals surface area contributed by atoms with Crippen LogP contribution in [0, 0.1) is 0 Å². The van der Waals surface area contributed by atoms with E-state index in [4.69, 9.17) is 0 Å². The van der Waals surface area contributed by atoms with Gasteiger partial charge in [-0.3, -0.25) is 10.1 Å². The van der Waals surface area contributed by atoms with E-state index >= 15 is 0 Å². The zero-order valence-electron chi connectivity index (χ0n) is 10.3. The van der Waals surface area contributed by atoms with Gasteiger partial charge >= 0.3 is 5.97 Å². The fourth-order valence-corrected chi connectivity index (χ4v) is 2.66. The molecular formula is C12H23NO3. The van der Waals surface area contributed by atoms with Crippen molar-refractivity contribution >= 4 is 5.97 Å². The molecule has 0 bridgehead atoms. The van der Waals surface area contributed by atoms with Crippen molar-refractivity contribution in [3.05, 3.63) is 0 Å². The quantitative estimate of drug-likeness (QED) is 0.646. The molecule has 1 aliphatic carbocycles. The Hall–Kier alpha value is -0.610. The molecule has 4 nitrogen and oxygen atoms in total. The third kappa shape index (κ3) is 2.38. The van der Waals surface area contributed by atoms with E-state index in [0.717, 1.165) is 25.7 Å². The fourth-order valence-electron chi connectivity index (χ4n) is 2.66. The van der Waals surface area contributed by atoms with Gasteiger partial charge in [0, 0.05) is 5.54 Å². The molecule has 1 rings (SSSR count). The van der Waals surface area contributed by atoms with Crippen LogP contribution in [-0.2, 0) is 4.79 Å². The maximum Gasteiger partial charge on any atom is 0.323 e. The number of carbonyl (C=O) groups is 1. The number of aliphatic hydroxyl groups excluding tert-OH is 1. The number of carboxylic acid groups (broad SMARTS) is 1. The van der Waals surface area contributed by atoms with E-state index in [-0.39, 0.29) is 12.1 Å². The van der Waals surface area contributed by atoms with Crippen molar-refractivity contribution in [1.29, 1.82) is 0 Å². The Morgan fingerprint density at radius 1 is 1.31 bits per heavy atom. The van der Waals surface area contributed by atoms with Crippen molar-refractivity contribution in [1.82, 2.24) is 5.32 Å². The molecule has 0 spiro atoms. The minimum absolute atomic E-state index is 0.0298. The lowest BCUT2D eigenvalue weighted by atomic mass is 9.87. The molecule has 3 N–H and O–H groups in total. The topological polar surface area (TPSA) is 69.6 Å². The number of hydrogen-bond donors (Lipinski definition) is 3. The standard InChI is InChI=1S/C12H23NO3/c1-3-12(4-2,10(15)16)13-11(9-14)7-5-6-8-11/h13-14H,3-9H2,1-2H3,(H,15,16). The summed E-state index contributed by atoms with van der Waals surface area (Å²) < 4.78 is 0. The van der Waals surface area contributed by atoms with Crippen LogP contribution in [0.5, 0.6) is 0 Å². The van der Waals surface area contributed by atoms with Gasteiger partial charge < -0.3 is 10.2 Å². The van der Waals surface area contributed by atoms with Gasteiger partial charge in [0.25, 0.3) is 0 Å². The molecule has 0 aromatic carbocycles. The average molecular weight is 229 g/mol. The molecule has 1 fully saturated rings. The molecule has 1 saturated carbocycles. The summed E-state index contributed by atoms with van der Waals surface area (Å²) in [5.74, 6) is -0.808. The molecule has 0 saturated heterocycles. The van der Waals surface area contributed by atoms with Gasteiger partial charge in [-0.1, -0.05) is 26.7 Å². The van der Waals surface area contributed by atoms with E-state index < -0.39 is 11.5 Å². The van der Waals surface area contributed by atoms with Crippen molar-refractivity contribution in [2.45, 2.75) is 63.5 Å². The molecule has 94 valence electrons. The van der Waals surface area contributed by atoms with E-state index in [1.54, 1.807) is 0 Å². The second kappa shape index (κ2) is 5.15. The lowest BCUT2D eigenvalue weighted by Gasteiger charge is -2.39. The number of nitrogens with one attached hydrogen (secondary N) is 1.